The van der Waals surface area contributed by atoms with Crippen molar-refractivity contribution in [2.75, 3.05) is 19.6 Å². The number of aromatic nitrogens is 2. The van der Waals surface area contributed by atoms with Crippen LogP contribution in [0.25, 0.3) is 0 Å². The Morgan fingerprint density at radius 3 is 2.75 bits per heavy atom. The van der Waals surface area contributed by atoms with Crippen LogP contribution in [0.5, 0.6) is 0 Å². The van der Waals surface area contributed by atoms with Gasteiger partial charge in [0.1, 0.15) is 0 Å². The maximum atomic E-state index is 12.4. The molecule has 0 spiro atoms. The Morgan fingerprint density at radius 2 is 2.15 bits per heavy atom. The van der Waals surface area contributed by atoms with Crippen LogP contribution in [-0.4, -0.2) is 58.5 Å². The first-order chi connectivity index (χ1) is 9.56. The van der Waals surface area contributed by atoms with E-state index in [1.54, 1.807) is 6.20 Å². The van der Waals surface area contributed by atoms with Gasteiger partial charge in [-0.05, 0) is 26.8 Å². The summed E-state index contributed by atoms with van der Waals surface area (Å²) in [5.41, 5.74) is 0. The minimum atomic E-state index is -0.178. The zero-order valence-electron chi connectivity index (χ0n) is 12.5. The lowest BCUT2D eigenvalue weighted by Gasteiger charge is -2.36. The fourth-order valence-electron chi connectivity index (χ4n) is 2.55. The Balaban J connectivity index is 1.76. The van der Waals surface area contributed by atoms with Crippen LogP contribution in [0.3, 0.4) is 0 Å². The third-order valence-corrected chi connectivity index (χ3v) is 3.45. The zero-order chi connectivity index (χ0) is 14.5. The fraction of sp³-hybridized carbons (Fsp3) is 0.714. The van der Waals surface area contributed by atoms with Gasteiger partial charge in [-0.25, -0.2) is 0 Å². The van der Waals surface area contributed by atoms with Gasteiger partial charge in [-0.2, -0.15) is 5.10 Å². The predicted octanol–water partition coefficient (Wildman–Crippen LogP) is 0.497. The number of carbonyl (C=O) groups excluding carboxylic acids is 1. The van der Waals surface area contributed by atoms with Crippen molar-refractivity contribution in [1.82, 2.24) is 20.0 Å². The van der Waals surface area contributed by atoms with Crippen molar-refractivity contribution in [3.05, 3.63) is 18.5 Å². The van der Waals surface area contributed by atoms with Crippen molar-refractivity contribution >= 4 is 5.91 Å². The van der Waals surface area contributed by atoms with E-state index in [9.17, 15) is 4.79 Å². The van der Waals surface area contributed by atoms with Gasteiger partial charge in [0.05, 0.1) is 24.8 Å². The molecule has 1 aromatic heterocycles. The molecule has 0 radical (unpaired) electrons. The monoisotopic (exact) mass is 280 g/mol. The quantitative estimate of drug-likeness (QED) is 0.853. The molecule has 112 valence electrons. The number of morpholine rings is 1. The first-order valence-corrected chi connectivity index (χ1v) is 7.21. The Bertz CT molecular complexity index is 411. The highest BCUT2D eigenvalue weighted by Crippen LogP contribution is 2.11. The number of hydrogen-bond acceptors (Lipinski definition) is 4. The van der Waals surface area contributed by atoms with E-state index >= 15 is 0 Å². The maximum Gasteiger partial charge on any atom is 0.239 e. The summed E-state index contributed by atoms with van der Waals surface area (Å²) < 4.78 is 7.50. The van der Waals surface area contributed by atoms with Gasteiger partial charge in [-0.1, -0.05) is 0 Å². The molecular formula is C14H24N4O2. The summed E-state index contributed by atoms with van der Waals surface area (Å²) in [5, 5.41) is 7.39. The molecule has 0 unspecified atom stereocenters. The second-order valence-corrected chi connectivity index (χ2v) is 5.45. The van der Waals surface area contributed by atoms with E-state index in [1.165, 1.54) is 0 Å². The molecular weight excluding hydrogens is 256 g/mol. The SMILES string of the molecule is C[C@@H]1CN(C(=O)[C@H](C)NCCn2cccn2)C[C@@H](C)O1. The summed E-state index contributed by atoms with van der Waals surface area (Å²) >= 11 is 0. The Morgan fingerprint density at radius 1 is 1.45 bits per heavy atom. The van der Waals surface area contributed by atoms with Crippen LogP contribution in [0.1, 0.15) is 20.8 Å². The van der Waals surface area contributed by atoms with Gasteiger partial charge >= 0.3 is 0 Å². The highest BCUT2D eigenvalue weighted by molar-refractivity contribution is 5.81. The molecule has 1 fully saturated rings. The molecule has 1 aliphatic heterocycles. The molecule has 1 saturated heterocycles. The van der Waals surface area contributed by atoms with E-state index in [0.717, 1.165) is 13.1 Å². The molecule has 1 aromatic rings. The van der Waals surface area contributed by atoms with Gasteiger partial charge in [0.25, 0.3) is 0 Å². The lowest BCUT2D eigenvalue weighted by Crippen LogP contribution is -2.53. The highest BCUT2D eigenvalue weighted by atomic mass is 16.5. The highest BCUT2D eigenvalue weighted by Gasteiger charge is 2.28. The summed E-state index contributed by atoms with van der Waals surface area (Å²) in [6.45, 7) is 8.76. The summed E-state index contributed by atoms with van der Waals surface area (Å²) in [6.07, 6.45) is 3.89. The molecule has 20 heavy (non-hydrogen) atoms. The molecule has 6 heteroatoms. The van der Waals surface area contributed by atoms with Crippen molar-refractivity contribution < 1.29 is 9.53 Å². The van der Waals surface area contributed by atoms with Crippen LogP contribution < -0.4 is 5.32 Å². The summed E-state index contributed by atoms with van der Waals surface area (Å²) in [5.74, 6) is 0.146. The third-order valence-electron chi connectivity index (χ3n) is 3.45. The average Bonchev–Trinajstić information content (AvgIpc) is 2.89. The van der Waals surface area contributed by atoms with E-state index in [4.69, 9.17) is 4.74 Å². The third kappa shape index (κ3) is 4.05. The number of nitrogens with one attached hydrogen (secondary N) is 1. The second kappa shape index (κ2) is 6.85. The van der Waals surface area contributed by atoms with Crippen LogP contribution in [0.4, 0.5) is 0 Å². The van der Waals surface area contributed by atoms with E-state index in [0.29, 0.717) is 13.1 Å². The van der Waals surface area contributed by atoms with Gasteiger partial charge < -0.3 is 15.0 Å². The van der Waals surface area contributed by atoms with Gasteiger partial charge in [0.2, 0.25) is 5.91 Å². The molecule has 0 bridgehead atoms. The first kappa shape index (κ1) is 15.0. The number of nitrogens with zero attached hydrogens (tertiary/aromatic N) is 3. The van der Waals surface area contributed by atoms with Crippen molar-refractivity contribution in [3.63, 3.8) is 0 Å². The zero-order valence-corrected chi connectivity index (χ0v) is 12.5. The minimum Gasteiger partial charge on any atom is -0.372 e. The standard InChI is InChI=1S/C14H24N4O2/c1-11-9-17(10-12(2)20-11)14(19)13(3)15-6-8-18-7-4-5-16-18/h4-5,7,11-13,15H,6,8-10H2,1-3H3/t11-,12-,13+/m1/s1. The molecule has 0 aromatic carbocycles. The molecule has 6 nitrogen and oxygen atoms in total. The summed E-state index contributed by atoms with van der Waals surface area (Å²) in [4.78, 5) is 14.3. The van der Waals surface area contributed by atoms with Gasteiger partial charge in [-0.15, -0.1) is 0 Å². The van der Waals surface area contributed by atoms with E-state index in [2.05, 4.69) is 10.4 Å². The lowest BCUT2D eigenvalue weighted by atomic mass is 10.2. The van der Waals surface area contributed by atoms with Gasteiger partial charge in [-0.3, -0.25) is 9.48 Å². The summed E-state index contributed by atoms with van der Waals surface area (Å²) in [6, 6.07) is 1.72. The molecule has 1 aliphatic rings. The van der Waals surface area contributed by atoms with Crippen LogP contribution in [0.15, 0.2) is 18.5 Å². The largest absolute Gasteiger partial charge is 0.372 e. The van der Waals surface area contributed by atoms with E-state index in [-0.39, 0.29) is 24.2 Å². The van der Waals surface area contributed by atoms with Crippen molar-refractivity contribution in [3.8, 4) is 0 Å². The van der Waals surface area contributed by atoms with Gasteiger partial charge in [0.15, 0.2) is 0 Å². The number of ether oxygens (including phenoxy) is 1. The Hall–Kier alpha value is -1.40. The molecule has 1 N–H and O–H groups in total. The molecule has 2 heterocycles. The summed E-state index contributed by atoms with van der Waals surface area (Å²) in [7, 11) is 0. The first-order valence-electron chi connectivity index (χ1n) is 7.21. The minimum absolute atomic E-state index is 0.110. The van der Waals surface area contributed by atoms with E-state index in [1.807, 2.05) is 42.6 Å². The van der Waals surface area contributed by atoms with Crippen LogP contribution in [0.2, 0.25) is 0 Å². The number of rotatable bonds is 5. The average molecular weight is 280 g/mol. The Kier molecular flexibility index (Phi) is 5.14. The topological polar surface area (TPSA) is 59.4 Å². The van der Waals surface area contributed by atoms with Crippen LogP contribution >= 0.6 is 0 Å². The number of hydrogen-bond donors (Lipinski definition) is 1. The fourth-order valence-corrected chi connectivity index (χ4v) is 2.55. The molecule has 1 amide bonds. The molecule has 0 aliphatic carbocycles. The van der Waals surface area contributed by atoms with E-state index < -0.39 is 0 Å². The number of carbonyl (C=O) groups is 1. The maximum absolute atomic E-state index is 12.4. The molecule has 3 atom stereocenters. The number of amides is 1. The van der Waals surface area contributed by atoms with Crippen molar-refractivity contribution in [2.45, 2.75) is 45.6 Å². The van der Waals surface area contributed by atoms with Crippen LogP contribution in [0, 0.1) is 0 Å². The predicted molar refractivity (Wildman–Crippen MR) is 76.3 cm³/mol. The molecule has 0 saturated carbocycles. The second-order valence-electron chi connectivity index (χ2n) is 5.45. The van der Waals surface area contributed by atoms with Crippen molar-refractivity contribution in [1.29, 1.82) is 0 Å². The smallest absolute Gasteiger partial charge is 0.239 e. The van der Waals surface area contributed by atoms with Crippen LogP contribution in [-0.2, 0) is 16.1 Å². The Labute approximate surface area is 120 Å². The van der Waals surface area contributed by atoms with Crippen molar-refractivity contribution in [2.24, 2.45) is 0 Å². The van der Waals surface area contributed by atoms with Gasteiger partial charge in [0, 0.05) is 32.0 Å². The normalized spacial score (nSPS) is 24.6. The lowest BCUT2D eigenvalue weighted by molar-refractivity contribution is -0.144. The molecule has 2 rings (SSSR count).